The van der Waals surface area contributed by atoms with E-state index in [0.717, 1.165) is 5.56 Å². The van der Waals surface area contributed by atoms with Crippen LogP contribution in [0.25, 0.3) is 0 Å². The second kappa shape index (κ2) is 11.6. The average molecular weight is 480 g/mol. The molecule has 0 heterocycles. The number of hydrogen-bond donors (Lipinski definition) is 3. The van der Waals surface area contributed by atoms with Gasteiger partial charge in [-0.1, -0.05) is 12.1 Å². The van der Waals surface area contributed by atoms with Crippen molar-refractivity contribution in [3.8, 4) is 11.5 Å². The molecule has 0 aliphatic rings. The maximum atomic E-state index is 13.0. The van der Waals surface area contributed by atoms with Gasteiger partial charge in [-0.15, -0.1) is 0 Å². The van der Waals surface area contributed by atoms with E-state index in [1.54, 1.807) is 30.3 Å². The Balaban J connectivity index is 1.55. The number of carbonyl (C=O) groups is 3. The molecule has 3 aromatic carbocycles. The molecule has 35 heavy (non-hydrogen) atoms. The quantitative estimate of drug-likeness (QED) is 0.363. The lowest BCUT2D eigenvalue weighted by atomic mass is 10.1. The molecule has 0 fully saturated rings. The number of aryl methyl sites for hydroxylation is 1. The van der Waals surface area contributed by atoms with E-state index in [0.29, 0.717) is 40.5 Å². The highest BCUT2D eigenvalue weighted by molar-refractivity contribution is 6.04. The normalized spacial score (nSPS) is 10.3. The fourth-order valence-corrected chi connectivity index (χ4v) is 3.33. The van der Waals surface area contributed by atoms with E-state index in [2.05, 4.69) is 16.0 Å². The van der Waals surface area contributed by atoms with Crippen LogP contribution in [0.2, 0.25) is 0 Å². The molecule has 0 saturated carbocycles. The van der Waals surface area contributed by atoms with Gasteiger partial charge in [0.1, 0.15) is 5.82 Å². The van der Waals surface area contributed by atoms with E-state index >= 15 is 0 Å². The van der Waals surface area contributed by atoms with Crippen LogP contribution in [0.15, 0.2) is 60.7 Å². The number of ketones is 1. The van der Waals surface area contributed by atoms with Gasteiger partial charge in [-0.05, 0) is 61.4 Å². The zero-order chi connectivity index (χ0) is 25.4. The molecule has 3 N–H and O–H groups in total. The van der Waals surface area contributed by atoms with Crippen molar-refractivity contribution >= 4 is 34.8 Å². The molecule has 0 aliphatic heterocycles. The molecule has 182 valence electrons. The van der Waals surface area contributed by atoms with Crippen molar-refractivity contribution in [2.45, 2.75) is 19.8 Å². The molecule has 0 aromatic heterocycles. The van der Waals surface area contributed by atoms with Crippen molar-refractivity contribution in [3.05, 3.63) is 77.6 Å². The van der Waals surface area contributed by atoms with E-state index in [1.807, 2.05) is 0 Å². The summed E-state index contributed by atoms with van der Waals surface area (Å²) in [4.78, 5) is 36.7. The topological polar surface area (TPSA) is 106 Å². The number of carbonyl (C=O) groups excluding carboxylic acids is 3. The van der Waals surface area contributed by atoms with Crippen LogP contribution in [0, 0.1) is 5.82 Å². The largest absolute Gasteiger partial charge is 0.493 e. The van der Waals surface area contributed by atoms with Gasteiger partial charge in [-0.25, -0.2) is 9.18 Å². The van der Waals surface area contributed by atoms with Crippen LogP contribution >= 0.6 is 0 Å². The summed E-state index contributed by atoms with van der Waals surface area (Å²) in [6.45, 7) is 1.41. The van der Waals surface area contributed by atoms with Gasteiger partial charge >= 0.3 is 6.03 Å². The molecule has 0 radical (unpaired) electrons. The third-order valence-corrected chi connectivity index (χ3v) is 5.13. The van der Waals surface area contributed by atoms with E-state index in [-0.39, 0.29) is 23.9 Å². The fraction of sp³-hybridized carbons (Fsp3) is 0.192. The number of amides is 3. The van der Waals surface area contributed by atoms with Gasteiger partial charge in [0.15, 0.2) is 17.3 Å². The first kappa shape index (κ1) is 25.2. The predicted octanol–water partition coefficient (Wildman–Crippen LogP) is 5.26. The maximum absolute atomic E-state index is 13.0. The number of ether oxygens (including phenoxy) is 2. The summed E-state index contributed by atoms with van der Waals surface area (Å²) in [5.41, 5.74) is 2.60. The monoisotopic (exact) mass is 479 g/mol. The van der Waals surface area contributed by atoms with Gasteiger partial charge in [0, 0.05) is 29.4 Å². The van der Waals surface area contributed by atoms with Crippen molar-refractivity contribution in [1.29, 1.82) is 0 Å². The van der Waals surface area contributed by atoms with E-state index in [9.17, 15) is 18.8 Å². The predicted molar refractivity (Wildman–Crippen MR) is 132 cm³/mol. The average Bonchev–Trinajstić information content (AvgIpc) is 2.84. The first-order valence-corrected chi connectivity index (χ1v) is 10.8. The molecule has 0 spiro atoms. The highest BCUT2D eigenvalue weighted by atomic mass is 19.1. The Morgan fingerprint density at radius 1 is 0.800 bits per heavy atom. The summed E-state index contributed by atoms with van der Waals surface area (Å²) in [5.74, 6) is -0.0632. The summed E-state index contributed by atoms with van der Waals surface area (Å²) in [6.07, 6.45) is 0.639. The van der Waals surface area contributed by atoms with Gasteiger partial charge in [0.05, 0.1) is 19.9 Å². The maximum Gasteiger partial charge on any atom is 0.323 e. The highest BCUT2D eigenvalue weighted by Crippen LogP contribution is 2.33. The summed E-state index contributed by atoms with van der Waals surface area (Å²) >= 11 is 0. The summed E-state index contributed by atoms with van der Waals surface area (Å²) in [6, 6.07) is 15.1. The molecule has 0 aliphatic carbocycles. The van der Waals surface area contributed by atoms with Crippen LogP contribution in [0.5, 0.6) is 11.5 Å². The van der Waals surface area contributed by atoms with E-state index < -0.39 is 6.03 Å². The lowest BCUT2D eigenvalue weighted by Gasteiger charge is -2.14. The Morgan fingerprint density at radius 3 is 1.89 bits per heavy atom. The van der Waals surface area contributed by atoms with Crippen LogP contribution in [0.4, 0.5) is 26.2 Å². The third-order valence-electron chi connectivity index (χ3n) is 5.13. The minimum Gasteiger partial charge on any atom is -0.493 e. The molecule has 3 aromatic rings. The van der Waals surface area contributed by atoms with Crippen molar-refractivity contribution in [2.24, 2.45) is 0 Å². The SMILES string of the molecule is COc1cc(NC(=O)CCc2ccc(NC(=O)Nc3ccc(F)cc3)cc2)c(C(C)=O)cc1OC. The number of Topliss-reactive ketones (excluding diaryl/α,β-unsaturated/α-hetero) is 1. The highest BCUT2D eigenvalue weighted by Gasteiger charge is 2.16. The summed E-state index contributed by atoms with van der Waals surface area (Å²) in [7, 11) is 2.95. The molecule has 0 atom stereocenters. The molecular formula is C26H26FN3O5. The minimum absolute atomic E-state index is 0.184. The number of methoxy groups -OCH3 is 2. The Labute approximate surface area is 202 Å². The molecule has 8 nitrogen and oxygen atoms in total. The summed E-state index contributed by atoms with van der Waals surface area (Å²) in [5, 5.41) is 8.07. The zero-order valence-electron chi connectivity index (χ0n) is 19.6. The number of benzene rings is 3. The number of urea groups is 1. The number of anilines is 3. The number of rotatable bonds is 9. The standard InChI is InChI=1S/C26H26FN3O5/c1-16(31)21-14-23(34-2)24(35-3)15-22(21)30-25(32)13-6-17-4-9-19(10-5-17)28-26(33)29-20-11-7-18(27)8-12-20/h4-5,7-12,14-15H,6,13H2,1-3H3,(H,30,32)(H2,28,29,33). The molecule has 3 rings (SSSR count). The van der Waals surface area contributed by atoms with Gasteiger partial charge in [-0.3, -0.25) is 9.59 Å². The second-order valence-corrected chi connectivity index (χ2v) is 7.64. The van der Waals surface area contributed by atoms with Crippen molar-refractivity contribution in [3.63, 3.8) is 0 Å². The molecule has 0 bridgehead atoms. The number of halogens is 1. The molecule has 9 heteroatoms. The van der Waals surface area contributed by atoms with Crippen LogP contribution in [-0.2, 0) is 11.2 Å². The molecule has 0 saturated heterocycles. The first-order valence-electron chi connectivity index (χ1n) is 10.8. The molecular weight excluding hydrogens is 453 g/mol. The van der Waals surface area contributed by atoms with Crippen molar-refractivity contribution in [2.75, 3.05) is 30.2 Å². The van der Waals surface area contributed by atoms with Crippen LogP contribution < -0.4 is 25.4 Å². The first-order chi connectivity index (χ1) is 16.8. The van der Waals surface area contributed by atoms with Crippen LogP contribution in [0.3, 0.4) is 0 Å². The Bertz CT molecular complexity index is 1210. The van der Waals surface area contributed by atoms with Gasteiger partial charge in [0.2, 0.25) is 5.91 Å². The number of hydrogen-bond acceptors (Lipinski definition) is 5. The summed E-state index contributed by atoms with van der Waals surface area (Å²) < 4.78 is 23.5. The minimum atomic E-state index is -0.458. The van der Waals surface area contributed by atoms with E-state index in [1.165, 1.54) is 51.5 Å². The Kier molecular flexibility index (Phi) is 8.39. The van der Waals surface area contributed by atoms with Crippen LogP contribution in [-0.4, -0.2) is 31.9 Å². The molecule has 3 amide bonds. The Hall–Kier alpha value is -4.40. The fourth-order valence-electron chi connectivity index (χ4n) is 3.33. The van der Waals surface area contributed by atoms with E-state index in [4.69, 9.17) is 9.47 Å². The Morgan fingerprint density at radius 2 is 1.34 bits per heavy atom. The third kappa shape index (κ3) is 7.04. The van der Waals surface area contributed by atoms with Crippen molar-refractivity contribution in [1.82, 2.24) is 0 Å². The van der Waals surface area contributed by atoms with Gasteiger partial charge in [0.25, 0.3) is 0 Å². The van der Waals surface area contributed by atoms with Gasteiger partial charge in [-0.2, -0.15) is 0 Å². The van der Waals surface area contributed by atoms with Crippen molar-refractivity contribution < 1.29 is 28.2 Å². The van der Waals surface area contributed by atoms with Crippen LogP contribution in [0.1, 0.15) is 29.3 Å². The zero-order valence-corrected chi connectivity index (χ0v) is 19.6. The lowest BCUT2D eigenvalue weighted by Crippen LogP contribution is -2.19. The number of nitrogens with one attached hydrogen (secondary N) is 3. The van der Waals surface area contributed by atoms with Gasteiger partial charge < -0.3 is 25.4 Å². The molecule has 0 unspecified atom stereocenters. The lowest BCUT2D eigenvalue weighted by molar-refractivity contribution is -0.116. The second-order valence-electron chi connectivity index (χ2n) is 7.64. The smallest absolute Gasteiger partial charge is 0.323 e.